The van der Waals surface area contributed by atoms with Crippen molar-refractivity contribution in [3.8, 4) is 5.69 Å². The van der Waals surface area contributed by atoms with Crippen molar-refractivity contribution >= 4 is 11.6 Å². The third kappa shape index (κ3) is 2.09. The minimum absolute atomic E-state index is 0.128. The summed E-state index contributed by atoms with van der Waals surface area (Å²) in [7, 11) is 0. The average Bonchev–Trinajstić information content (AvgIpc) is 2.94. The molecule has 3 rings (SSSR count). The van der Waals surface area contributed by atoms with E-state index >= 15 is 0 Å². The maximum absolute atomic E-state index is 12.6. The largest absolute Gasteiger partial charge is 0.434 e. The number of imidazole rings is 1. The molecule has 0 fully saturated rings. The minimum Gasteiger partial charge on any atom is -0.325 e. The van der Waals surface area contributed by atoms with Crippen molar-refractivity contribution in [2.45, 2.75) is 25.4 Å². The molecule has 0 spiro atoms. The van der Waals surface area contributed by atoms with Gasteiger partial charge in [0.15, 0.2) is 5.69 Å². The van der Waals surface area contributed by atoms with Crippen molar-refractivity contribution < 1.29 is 18.0 Å². The molecule has 2 aromatic rings. The highest BCUT2D eigenvalue weighted by molar-refractivity contribution is 6.05. The lowest BCUT2D eigenvalue weighted by molar-refractivity contribution is -0.140. The SMILES string of the molecule is CC1(C)C(=O)Nc2cc(-n3cnc(C(F)(F)F)c3)ccc21. The molecule has 0 aliphatic carbocycles. The van der Waals surface area contributed by atoms with Crippen LogP contribution in [0.3, 0.4) is 0 Å². The smallest absolute Gasteiger partial charge is 0.325 e. The summed E-state index contributed by atoms with van der Waals surface area (Å²) in [5.74, 6) is -0.128. The van der Waals surface area contributed by atoms with Crippen LogP contribution in [0.5, 0.6) is 0 Å². The molecule has 1 aromatic carbocycles. The molecule has 0 atom stereocenters. The second-order valence-corrected chi connectivity index (χ2v) is 5.47. The minimum atomic E-state index is -4.47. The Hall–Kier alpha value is -2.31. The van der Waals surface area contributed by atoms with E-state index in [9.17, 15) is 18.0 Å². The molecule has 7 heteroatoms. The predicted molar refractivity (Wildman–Crippen MR) is 70.2 cm³/mol. The Labute approximate surface area is 118 Å². The van der Waals surface area contributed by atoms with Gasteiger partial charge in [-0.2, -0.15) is 13.2 Å². The van der Waals surface area contributed by atoms with Crippen LogP contribution in [-0.4, -0.2) is 15.5 Å². The first-order valence-corrected chi connectivity index (χ1v) is 6.27. The summed E-state index contributed by atoms with van der Waals surface area (Å²) < 4.78 is 38.9. The van der Waals surface area contributed by atoms with E-state index in [-0.39, 0.29) is 5.91 Å². The lowest BCUT2D eigenvalue weighted by Gasteiger charge is -2.15. The van der Waals surface area contributed by atoms with Crippen LogP contribution in [-0.2, 0) is 16.4 Å². The molecule has 1 aliphatic rings. The van der Waals surface area contributed by atoms with Crippen LogP contribution < -0.4 is 5.32 Å². The van der Waals surface area contributed by atoms with E-state index in [1.807, 2.05) is 0 Å². The maximum atomic E-state index is 12.6. The van der Waals surface area contributed by atoms with E-state index in [4.69, 9.17) is 0 Å². The second kappa shape index (κ2) is 4.09. The maximum Gasteiger partial charge on any atom is 0.434 e. The Bertz CT molecular complexity index is 731. The van der Waals surface area contributed by atoms with Crippen LogP contribution in [0, 0.1) is 0 Å². The quantitative estimate of drug-likeness (QED) is 0.878. The summed E-state index contributed by atoms with van der Waals surface area (Å²) in [4.78, 5) is 15.2. The normalized spacial score (nSPS) is 16.7. The number of aromatic nitrogens is 2. The van der Waals surface area contributed by atoms with Crippen LogP contribution in [0.1, 0.15) is 25.1 Å². The summed E-state index contributed by atoms with van der Waals surface area (Å²) in [5.41, 5.74) is 0.360. The molecule has 1 aromatic heterocycles. The first-order valence-electron chi connectivity index (χ1n) is 6.27. The van der Waals surface area contributed by atoms with Crippen molar-refractivity contribution in [2.75, 3.05) is 5.32 Å². The van der Waals surface area contributed by atoms with Crippen LogP contribution in [0.15, 0.2) is 30.7 Å². The van der Waals surface area contributed by atoms with Gasteiger partial charge in [0.2, 0.25) is 5.91 Å². The molecule has 4 nitrogen and oxygen atoms in total. The van der Waals surface area contributed by atoms with Crippen LogP contribution in [0.25, 0.3) is 5.69 Å². The number of benzene rings is 1. The molecule has 21 heavy (non-hydrogen) atoms. The summed E-state index contributed by atoms with van der Waals surface area (Å²) in [6.45, 7) is 3.60. The van der Waals surface area contributed by atoms with E-state index in [1.54, 1.807) is 32.0 Å². The van der Waals surface area contributed by atoms with Crippen LogP contribution in [0.2, 0.25) is 0 Å². The van der Waals surface area contributed by atoms with Gasteiger partial charge in [-0.1, -0.05) is 6.07 Å². The highest BCUT2D eigenvalue weighted by Gasteiger charge is 2.38. The Kier molecular flexibility index (Phi) is 2.66. The number of fused-ring (bicyclic) bond motifs is 1. The second-order valence-electron chi connectivity index (χ2n) is 5.47. The molecule has 0 unspecified atom stereocenters. The number of rotatable bonds is 1. The molecule has 2 heterocycles. The van der Waals surface area contributed by atoms with Gasteiger partial charge in [-0.25, -0.2) is 4.98 Å². The molecule has 1 aliphatic heterocycles. The lowest BCUT2D eigenvalue weighted by Crippen LogP contribution is -2.26. The first-order chi connectivity index (χ1) is 9.69. The molecule has 0 saturated carbocycles. The van der Waals surface area contributed by atoms with Gasteiger partial charge in [0, 0.05) is 17.6 Å². The fourth-order valence-electron chi connectivity index (χ4n) is 2.35. The summed E-state index contributed by atoms with van der Waals surface area (Å²) in [6, 6.07) is 5.06. The fraction of sp³-hybridized carbons (Fsp3) is 0.286. The molecule has 0 saturated heterocycles. The molecule has 0 radical (unpaired) electrons. The number of hydrogen-bond donors (Lipinski definition) is 1. The number of alkyl halides is 3. The standard InChI is InChI=1S/C14H12F3N3O/c1-13(2)9-4-3-8(5-10(9)19-12(13)21)20-6-11(18-7-20)14(15,16)17/h3-7H,1-2H3,(H,19,21). The Morgan fingerprint density at radius 3 is 2.62 bits per heavy atom. The Morgan fingerprint density at radius 2 is 2.00 bits per heavy atom. The van der Waals surface area contributed by atoms with Gasteiger partial charge in [-0.15, -0.1) is 0 Å². The molecular formula is C14H12F3N3O. The van der Waals surface area contributed by atoms with Gasteiger partial charge in [0.1, 0.15) is 0 Å². The van der Waals surface area contributed by atoms with Crippen LogP contribution >= 0.6 is 0 Å². The number of halogens is 3. The van der Waals surface area contributed by atoms with Gasteiger partial charge < -0.3 is 9.88 Å². The molecule has 110 valence electrons. The van der Waals surface area contributed by atoms with Gasteiger partial charge in [-0.05, 0) is 31.5 Å². The number of carbonyl (C=O) groups is 1. The van der Waals surface area contributed by atoms with E-state index in [0.29, 0.717) is 11.4 Å². The zero-order chi connectivity index (χ0) is 15.4. The number of nitrogens with one attached hydrogen (secondary N) is 1. The van der Waals surface area contributed by atoms with E-state index in [0.717, 1.165) is 18.1 Å². The Balaban J connectivity index is 2.01. The Morgan fingerprint density at radius 1 is 1.29 bits per heavy atom. The zero-order valence-electron chi connectivity index (χ0n) is 11.3. The van der Waals surface area contributed by atoms with Crippen LogP contribution in [0.4, 0.5) is 18.9 Å². The van der Waals surface area contributed by atoms with Crippen molar-refractivity contribution in [1.29, 1.82) is 0 Å². The predicted octanol–water partition coefficient (Wildman–Crippen LogP) is 3.12. The van der Waals surface area contributed by atoms with Gasteiger partial charge >= 0.3 is 6.18 Å². The number of amides is 1. The third-order valence-electron chi connectivity index (χ3n) is 3.66. The highest BCUT2D eigenvalue weighted by Crippen LogP contribution is 2.38. The fourth-order valence-corrected chi connectivity index (χ4v) is 2.35. The van der Waals surface area contributed by atoms with Crippen molar-refractivity contribution in [2.24, 2.45) is 0 Å². The highest BCUT2D eigenvalue weighted by atomic mass is 19.4. The van der Waals surface area contributed by atoms with Gasteiger partial charge in [-0.3, -0.25) is 4.79 Å². The summed E-state index contributed by atoms with van der Waals surface area (Å²) in [6.07, 6.45) is -2.45. The van der Waals surface area contributed by atoms with E-state index in [1.165, 1.54) is 4.57 Å². The summed E-state index contributed by atoms with van der Waals surface area (Å²) >= 11 is 0. The molecule has 1 N–H and O–H groups in total. The first kappa shape index (κ1) is 13.7. The number of hydrogen-bond acceptors (Lipinski definition) is 2. The molecular weight excluding hydrogens is 283 g/mol. The number of anilines is 1. The third-order valence-corrected chi connectivity index (χ3v) is 3.66. The number of carbonyl (C=O) groups excluding carboxylic acids is 1. The molecule has 0 bridgehead atoms. The monoisotopic (exact) mass is 295 g/mol. The van der Waals surface area contributed by atoms with Crippen molar-refractivity contribution in [1.82, 2.24) is 9.55 Å². The lowest BCUT2D eigenvalue weighted by atomic mass is 9.86. The zero-order valence-corrected chi connectivity index (χ0v) is 11.3. The van der Waals surface area contributed by atoms with Gasteiger partial charge in [0.25, 0.3) is 0 Å². The topological polar surface area (TPSA) is 46.9 Å². The van der Waals surface area contributed by atoms with Gasteiger partial charge in [0.05, 0.1) is 11.7 Å². The number of nitrogens with zero attached hydrogens (tertiary/aromatic N) is 2. The van der Waals surface area contributed by atoms with E-state index in [2.05, 4.69) is 10.3 Å². The summed E-state index contributed by atoms with van der Waals surface area (Å²) in [5, 5.41) is 2.74. The average molecular weight is 295 g/mol. The van der Waals surface area contributed by atoms with Crippen molar-refractivity contribution in [3.05, 3.63) is 42.0 Å². The molecule has 1 amide bonds. The van der Waals surface area contributed by atoms with Crippen molar-refractivity contribution in [3.63, 3.8) is 0 Å². The van der Waals surface area contributed by atoms with E-state index < -0.39 is 17.3 Å².